The smallest absolute Gasteiger partial charge is 0.128 e. The summed E-state index contributed by atoms with van der Waals surface area (Å²) in [5.41, 5.74) is 1.66. The van der Waals surface area contributed by atoms with Crippen molar-refractivity contribution in [3.05, 3.63) is 23.9 Å². The lowest BCUT2D eigenvalue weighted by Gasteiger charge is -2.43. The summed E-state index contributed by atoms with van der Waals surface area (Å²) in [6.45, 7) is 15.4. The van der Waals surface area contributed by atoms with Crippen LogP contribution in [0.1, 0.15) is 47.1 Å². The highest BCUT2D eigenvalue weighted by molar-refractivity contribution is 5.44. The number of nitrogens with one attached hydrogen (secondary N) is 1. The lowest BCUT2D eigenvalue weighted by Crippen LogP contribution is -2.62. The van der Waals surface area contributed by atoms with Crippen LogP contribution in [0.5, 0.6) is 0 Å². The second-order valence-electron chi connectivity index (χ2n) is 7.65. The van der Waals surface area contributed by atoms with Crippen molar-refractivity contribution in [1.82, 2.24) is 10.3 Å². The first-order valence-corrected chi connectivity index (χ1v) is 7.14. The summed E-state index contributed by atoms with van der Waals surface area (Å²) in [5, 5.41) is 3.62. The van der Waals surface area contributed by atoms with Gasteiger partial charge in [0, 0.05) is 30.9 Å². The molecule has 0 aromatic carbocycles. The van der Waals surface area contributed by atoms with E-state index >= 15 is 0 Å². The Hall–Kier alpha value is -1.09. The molecular formula is C16H27N3. The zero-order chi connectivity index (χ0) is 14.3. The minimum absolute atomic E-state index is 0.177. The molecule has 0 aliphatic carbocycles. The fourth-order valence-electron chi connectivity index (χ4n) is 2.39. The van der Waals surface area contributed by atoms with Gasteiger partial charge < -0.3 is 10.2 Å². The van der Waals surface area contributed by atoms with Crippen molar-refractivity contribution in [2.75, 3.05) is 18.0 Å². The summed E-state index contributed by atoms with van der Waals surface area (Å²) in [4.78, 5) is 6.93. The molecule has 1 aliphatic heterocycles. The number of pyridine rings is 1. The molecule has 19 heavy (non-hydrogen) atoms. The molecule has 0 spiro atoms. The van der Waals surface area contributed by atoms with Crippen LogP contribution in [-0.2, 0) is 5.41 Å². The number of anilines is 1. The molecule has 1 aromatic rings. The summed E-state index contributed by atoms with van der Waals surface area (Å²) in [6.07, 6.45) is 2.01. The molecule has 0 bridgehead atoms. The van der Waals surface area contributed by atoms with Crippen LogP contribution >= 0.6 is 0 Å². The van der Waals surface area contributed by atoms with Crippen molar-refractivity contribution < 1.29 is 0 Å². The minimum Gasteiger partial charge on any atom is -0.353 e. The Balaban J connectivity index is 1.92. The predicted molar refractivity (Wildman–Crippen MR) is 81.8 cm³/mol. The highest BCUT2D eigenvalue weighted by atomic mass is 15.3. The number of aromatic nitrogens is 1. The van der Waals surface area contributed by atoms with Gasteiger partial charge in [-0.1, -0.05) is 26.8 Å². The van der Waals surface area contributed by atoms with Crippen LogP contribution in [0, 0.1) is 0 Å². The van der Waals surface area contributed by atoms with E-state index in [4.69, 9.17) is 0 Å². The zero-order valence-electron chi connectivity index (χ0n) is 13.1. The molecule has 1 fully saturated rings. The lowest BCUT2D eigenvalue weighted by atomic mass is 9.88. The molecule has 0 amide bonds. The molecule has 2 heterocycles. The Bertz CT molecular complexity index is 417. The summed E-state index contributed by atoms with van der Waals surface area (Å²) in [7, 11) is 0. The van der Waals surface area contributed by atoms with E-state index in [1.807, 2.05) is 6.20 Å². The largest absolute Gasteiger partial charge is 0.353 e. The average molecular weight is 261 g/mol. The molecule has 1 aromatic heterocycles. The number of rotatable bonds is 2. The van der Waals surface area contributed by atoms with Gasteiger partial charge in [-0.25, -0.2) is 4.98 Å². The summed E-state index contributed by atoms with van der Waals surface area (Å²) in [6, 6.07) is 4.94. The highest BCUT2D eigenvalue weighted by Crippen LogP contribution is 2.25. The Labute approximate surface area is 117 Å². The normalized spacial score (nSPS) is 17.5. The van der Waals surface area contributed by atoms with Gasteiger partial charge in [0.1, 0.15) is 5.82 Å². The summed E-state index contributed by atoms with van der Waals surface area (Å²) >= 11 is 0. The third kappa shape index (κ3) is 3.69. The van der Waals surface area contributed by atoms with Crippen LogP contribution in [0.3, 0.4) is 0 Å². The summed E-state index contributed by atoms with van der Waals surface area (Å²) in [5.74, 6) is 1.10. The van der Waals surface area contributed by atoms with Gasteiger partial charge in [0.25, 0.3) is 0 Å². The van der Waals surface area contributed by atoms with Crippen molar-refractivity contribution in [2.24, 2.45) is 0 Å². The Morgan fingerprint density at radius 3 is 2.16 bits per heavy atom. The first-order chi connectivity index (χ1) is 8.65. The third-order valence-electron chi connectivity index (χ3n) is 3.46. The van der Waals surface area contributed by atoms with Gasteiger partial charge in [0.15, 0.2) is 0 Å². The molecule has 106 valence electrons. The Morgan fingerprint density at radius 1 is 1.11 bits per heavy atom. The van der Waals surface area contributed by atoms with E-state index in [0.29, 0.717) is 6.04 Å². The fraction of sp³-hybridized carbons (Fsp3) is 0.688. The monoisotopic (exact) mass is 261 g/mol. The van der Waals surface area contributed by atoms with Gasteiger partial charge in [-0.05, 0) is 37.8 Å². The Kier molecular flexibility index (Phi) is 3.61. The molecule has 1 N–H and O–H groups in total. The van der Waals surface area contributed by atoms with Gasteiger partial charge in [-0.3, -0.25) is 0 Å². The molecule has 2 rings (SSSR count). The van der Waals surface area contributed by atoms with E-state index in [2.05, 4.69) is 68.9 Å². The average Bonchev–Trinajstić information content (AvgIpc) is 2.20. The van der Waals surface area contributed by atoms with Crippen molar-refractivity contribution >= 4 is 5.82 Å². The van der Waals surface area contributed by atoms with Gasteiger partial charge in [-0.15, -0.1) is 0 Å². The first kappa shape index (κ1) is 14.3. The van der Waals surface area contributed by atoms with Crippen LogP contribution in [0.25, 0.3) is 0 Å². The van der Waals surface area contributed by atoms with Crippen molar-refractivity contribution in [3.63, 3.8) is 0 Å². The van der Waals surface area contributed by atoms with E-state index in [1.54, 1.807) is 0 Å². The number of hydrogen-bond donors (Lipinski definition) is 1. The fourth-order valence-corrected chi connectivity index (χ4v) is 2.39. The van der Waals surface area contributed by atoms with Gasteiger partial charge in [0.2, 0.25) is 0 Å². The van der Waals surface area contributed by atoms with E-state index < -0.39 is 0 Å². The number of hydrogen-bond acceptors (Lipinski definition) is 3. The molecule has 0 radical (unpaired) electrons. The van der Waals surface area contributed by atoms with Crippen molar-refractivity contribution in [1.29, 1.82) is 0 Å². The van der Waals surface area contributed by atoms with E-state index in [1.165, 1.54) is 5.56 Å². The quantitative estimate of drug-likeness (QED) is 0.887. The van der Waals surface area contributed by atoms with Crippen LogP contribution in [0.4, 0.5) is 5.82 Å². The maximum Gasteiger partial charge on any atom is 0.128 e. The highest BCUT2D eigenvalue weighted by Gasteiger charge is 2.30. The van der Waals surface area contributed by atoms with Gasteiger partial charge >= 0.3 is 0 Å². The zero-order valence-corrected chi connectivity index (χ0v) is 13.1. The molecule has 3 heteroatoms. The Morgan fingerprint density at radius 2 is 1.74 bits per heavy atom. The van der Waals surface area contributed by atoms with Crippen LogP contribution in [0.2, 0.25) is 0 Å². The van der Waals surface area contributed by atoms with Crippen molar-refractivity contribution in [3.8, 4) is 0 Å². The van der Waals surface area contributed by atoms with E-state index in [0.717, 1.165) is 18.9 Å². The molecule has 1 aliphatic rings. The maximum absolute atomic E-state index is 4.60. The molecule has 1 saturated heterocycles. The van der Waals surface area contributed by atoms with Crippen LogP contribution < -0.4 is 10.2 Å². The molecule has 3 nitrogen and oxygen atoms in total. The topological polar surface area (TPSA) is 28.2 Å². The summed E-state index contributed by atoms with van der Waals surface area (Å²) < 4.78 is 0. The molecule has 0 unspecified atom stereocenters. The standard InChI is InChI=1S/C16H27N3/c1-15(2,3)12-7-8-14(17-9-12)19-10-13(11-19)18-16(4,5)6/h7-9,13,18H,10-11H2,1-6H3. The molecule has 0 saturated carbocycles. The lowest BCUT2D eigenvalue weighted by molar-refractivity contribution is 0.315. The van der Waals surface area contributed by atoms with Crippen molar-refractivity contribution in [2.45, 2.75) is 58.5 Å². The van der Waals surface area contributed by atoms with Gasteiger partial charge in [0.05, 0.1) is 0 Å². The maximum atomic E-state index is 4.60. The van der Waals surface area contributed by atoms with Crippen LogP contribution in [0.15, 0.2) is 18.3 Å². The first-order valence-electron chi connectivity index (χ1n) is 7.14. The van der Waals surface area contributed by atoms with Gasteiger partial charge in [-0.2, -0.15) is 0 Å². The predicted octanol–water partition coefficient (Wildman–Crippen LogP) is 2.96. The van der Waals surface area contributed by atoms with Crippen LogP contribution in [-0.4, -0.2) is 29.7 Å². The molecule has 0 atom stereocenters. The number of nitrogens with zero attached hydrogens (tertiary/aromatic N) is 2. The second-order valence-corrected chi connectivity index (χ2v) is 7.65. The second kappa shape index (κ2) is 4.78. The SMILES string of the molecule is CC(C)(C)NC1CN(c2ccc(C(C)(C)C)cn2)C1. The van der Waals surface area contributed by atoms with E-state index in [-0.39, 0.29) is 11.0 Å². The third-order valence-corrected chi connectivity index (χ3v) is 3.46. The van der Waals surface area contributed by atoms with E-state index in [9.17, 15) is 0 Å². The minimum atomic E-state index is 0.177. The molecular weight excluding hydrogens is 234 g/mol.